The van der Waals surface area contributed by atoms with Crippen molar-refractivity contribution >= 4 is 5.69 Å². The van der Waals surface area contributed by atoms with Crippen LogP contribution in [0.5, 0.6) is 0 Å². The summed E-state index contributed by atoms with van der Waals surface area (Å²) in [6.45, 7) is 2.76. The van der Waals surface area contributed by atoms with Gasteiger partial charge in [-0.25, -0.2) is 0 Å². The smallest absolute Gasteiger partial charge is 0.0411 e. The van der Waals surface area contributed by atoms with E-state index in [0.717, 1.165) is 0 Å². The van der Waals surface area contributed by atoms with E-state index in [9.17, 15) is 0 Å². The predicted octanol–water partition coefficient (Wildman–Crippen LogP) is 3.22. The summed E-state index contributed by atoms with van der Waals surface area (Å²) in [7, 11) is 2.22. The molecule has 0 spiro atoms. The highest BCUT2D eigenvalue weighted by molar-refractivity contribution is 5.55. The van der Waals surface area contributed by atoms with Gasteiger partial charge in [0, 0.05) is 25.3 Å². The molecule has 94 valence electrons. The molecule has 1 aromatic rings. The van der Waals surface area contributed by atoms with E-state index in [0.29, 0.717) is 12.6 Å². The zero-order valence-electron chi connectivity index (χ0n) is 11.1. The minimum absolute atomic E-state index is 0.633. The molecule has 0 saturated heterocycles. The standard InChI is InChI=1S/C15H24N2/c1-12-8-9-15(13(10-12)11-16)17(2)14-6-4-3-5-7-14/h8-10,14H,3-7,11,16H2,1-2H3. The first kappa shape index (κ1) is 12.4. The second-order valence-electron chi connectivity index (χ2n) is 5.24. The van der Waals surface area contributed by atoms with E-state index >= 15 is 0 Å². The van der Waals surface area contributed by atoms with Crippen molar-refractivity contribution in [2.24, 2.45) is 5.73 Å². The first-order chi connectivity index (χ1) is 8.22. The summed E-state index contributed by atoms with van der Waals surface area (Å²) < 4.78 is 0. The van der Waals surface area contributed by atoms with E-state index in [1.807, 2.05) is 0 Å². The number of hydrogen-bond acceptors (Lipinski definition) is 2. The monoisotopic (exact) mass is 232 g/mol. The molecule has 0 amide bonds. The molecule has 0 radical (unpaired) electrons. The molecule has 1 saturated carbocycles. The molecule has 2 rings (SSSR count). The number of nitrogens with zero attached hydrogens (tertiary/aromatic N) is 1. The van der Waals surface area contributed by atoms with Gasteiger partial charge in [0.2, 0.25) is 0 Å². The maximum absolute atomic E-state index is 5.86. The lowest BCUT2D eigenvalue weighted by molar-refractivity contribution is 0.427. The number of hydrogen-bond donors (Lipinski definition) is 1. The lowest BCUT2D eigenvalue weighted by atomic mass is 9.93. The maximum atomic E-state index is 5.86. The second-order valence-corrected chi connectivity index (χ2v) is 5.24. The van der Waals surface area contributed by atoms with Crippen molar-refractivity contribution in [1.29, 1.82) is 0 Å². The van der Waals surface area contributed by atoms with Crippen LogP contribution in [0.3, 0.4) is 0 Å². The number of aryl methyl sites for hydroxylation is 1. The van der Waals surface area contributed by atoms with Gasteiger partial charge in [0.1, 0.15) is 0 Å². The van der Waals surface area contributed by atoms with Crippen molar-refractivity contribution < 1.29 is 0 Å². The van der Waals surface area contributed by atoms with Gasteiger partial charge < -0.3 is 10.6 Å². The Morgan fingerprint density at radius 3 is 2.59 bits per heavy atom. The first-order valence-electron chi connectivity index (χ1n) is 6.75. The highest BCUT2D eigenvalue weighted by atomic mass is 15.1. The van der Waals surface area contributed by atoms with Crippen molar-refractivity contribution in [2.45, 2.75) is 51.6 Å². The molecule has 0 bridgehead atoms. The molecule has 2 heteroatoms. The molecular formula is C15H24N2. The average Bonchev–Trinajstić information content (AvgIpc) is 2.39. The van der Waals surface area contributed by atoms with Crippen LogP contribution in [-0.2, 0) is 6.54 Å². The van der Waals surface area contributed by atoms with Gasteiger partial charge in [0.05, 0.1) is 0 Å². The third-order valence-corrected chi connectivity index (χ3v) is 3.96. The Bertz CT molecular complexity index is 367. The Kier molecular flexibility index (Phi) is 4.06. The van der Waals surface area contributed by atoms with Crippen LogP contribution in [0.1, 0.15) is 43.2 Å². The first-order valence-corrected chi connectivity index (χ1v) is 6.75. The molecular weight excluding hydrogens is 208 g/mol. The maximum Gasteiger partial charge on any atom is 0.0411 e. The quantitative estimate of drug-likeness (QED) is 0.867. The Morgan fingerprint density at radius 2 is 1.94 bits per heavy atom. The zero-order valence-corrected chi connectivity index (χ0v) is 11.1. The second kappa shape index (κ2) is 5.54. The number of nitrogens with two attached hydrogens (primary N) is 1. The molecule has 1 fully saturated rings. The fourth-order valence-corrected chi connectivity index (χ4v) is 2.89. The van der Waals surface area contributed by atoms with Gasteiger partial charge in [-0.05, 0) is 31.4 Å². The lowest BCUT2D eigenvalue weighted by Crippen LogP contribution is -2.34. The van der Waals surface area contributed by atoms with E-state index in [1.54, 1.807) is 0 Å². The van der Waals surface area contributed by atoms with Gasteiger partial charge in [-0.2, -0.15) is 0 Å². The molecule has 0 aromatic heterocycles. The molecule has 17 heavy (non-hydrogen) atoms. The van der Waals surface area contributed by atoms with Crippen LogP contribution in [0.25, 0.3) is 0 Å². The highest BCUT2D eigenvalue weighted by Gasteiger charge is 2.19. The minimum Gasteiger partial charge on any atom is -0.371 e. The molecule has 1 aromatic carbocycles. The van der Waals surface area contributed by atoms with E-state index in [1.165, 1.54) is 48.9 Å². The molecule has 0 unspecified atom stereocenters. The Balaban J connectivity index is 2.19. The van der Waals surface area contributed by atoms with Crippen molar-refractivity contribution in [1.82, 2.24) is 0 Å². The van der Waals surface area contributed by atoms with Gasteiger partial charge in [-0.3, -0.25) is 0 Å². The summed E-state index contributed by atoms with van der Waals surface area (Å²) in [5.41, 5.74) is 9.76. The fourth-order valence-electron chi connectivity index (χ4n) is 2.89. The largest absolute Gasteiger partial charge is 0.371 e. The number of anilines is 1. The summed E-state index contributed by atoms with van der Waals surface area (Å²) in [6.07, 6.45) is 6.81. The normalized spacial score (nSPS) is 17.1. The van der Waals surface area contributed by atoms with Gasteiger partial charge in [-0.1, -0.05) is 37.0 Å². The molecule has 1 aliphatic rings. The summed E-state index contributed by atoms with van der Waals surface area (Å²) in [5, 5.41) is 0. The molecule has 2 nitrogen and oxygen atoms in total. The lowest BCUT2D eigenvalue weighted by Gasteiger charge is -2.34. The Hall–Kier alpha value is -1.02. The third kappa shape index (κ3) is 2.81. The molecule has 2 N–H and O–H groups in total. The van der Waals surface area contributed by atoms with Crippen molar-refractivity contribution in [3.63, 3.8) is 0 Å². The van der Waals surface area contributed by atoms with E-state index < -0.39 is 0 Å². The van der Waals surface area contributed by atoms with Crippen LogP contribution in [0.4, 0.5) is 5.69 Å². The molecule has 0 heterocycles. The van der Waals surface area contributed by atoms with Crippen LogP contribution >= 0.6 is 0 Å². The summed E-state index contributed by atoms with van der Waals surface area (Å²) in [6, 6.07) is 7.34. The minimum atomic E-state index is 0.633. The van der Waals surface area contributed by atoms with E-state index in [2.05, 4.69) is 37.1 Å². The van der Waals surface area contributed by atoms with Crippen LogP contribution in [0, 0.1) is 6.92 Å². The van der Waals surface area contributed by atoms with Crippen molar-refractivity contribution in [3.8, 4) is 0 Å². The Labute approximate surface area is 105 Å². The van der Waals surface area contributed by atoms with Gasteiger partial charge >= 0.3 is 0 Å². The summed E-state index contributed by atoms with van der Waals surface area (Å²) in [5.74, 6) is 0. The van der Waals surface area contributed by atoms with Crippen LogP contribution in [0.15, 0.2) is 18.2 Å². The van der Waals surface area contributed by atoms with Gasteiger partial charge in [-0.15, -0.1) is 0 Å². The SMILES string of the molecule is Cc1ccc(N(C)C2CCCCC2)c(CN)c1. The molecule has 0 atom stereocenters. The van der Waals surface area contributed by atoms with Gasteiger partial charge in [0.15, 0.2) is 0 Å². The highest BCUT2D eigenvalue weighted by Crippen LogP contribution is 2.28. The van der Waals surface area contributed by atoms with E-state index in [-0.39, 0.29) is 0 Å². The topological polar surface area (TPSA) is 29.3 Å². The van der Waals surface area contributed by atoms with Crippen LogP contribution in [0.2, 0.25) is 0 Å². The third-order valence-electron chi connectivity index (χ3n) is 3.96. The van der Waals surface area contributed by atoms with Crippen LogP contribution in [-0.4, -0.2) is 13.1 Å². The number of benzene rings is 1. The molecule has 1 aliphatic carbocycles. The summed E-state index contributed by atoms with van der Waals surface area (Å²) >= 11 is 0. The van der Waals surface area contributed by atoms with E-state index in [4.69, 9.17) is 5.73 Å². The number of rotatable bonds is 3. The zero-order chi connectivity index (χ0) is 12.3. The van der Waals surface area contributed by atoms with Crippen molar-refractivity contribution in [2.75, 3.05) is 11.9 Å². The van der Waals surface area contributed by atoms with Gasteiger partial charge in [0.25, 0.3) is 0 Å². The Morgan fingerprint density at radius 1 is 1.24 bits per heavy atom. The fraction of sp³-hybridized carbons (Fsp3) is 0.600. The van der Waals surface area contributed by atoms with Crippen LogP contribution < -0.4 is 10.6 Å². The average molecular weight is 232 g/mol. The molecule has 0 aliphatic heterocycles. The predicted molar refractivity (Wildman–Crippen MR) is 74.3 cm³/mol. The summed E-state index contributed by atoms with van der Waals surface area (Å²) in [4.78, 5) is 2.45. The van der Waals surface area contributed by atoms with Crippen molar-refractivity contribution in [3.05, 3.63) is 29.3 Å².